The highest BCUT2D eigenvalue weighted by atomic mass is 31.2. The van der Waals surface area contributed by atoms with Gasteiger partial charge >= 0.3 is 0 Å². The lowest BCUT2D eigenvalue weighted by molar-refractivity contribution is 0.476. The summed E-state index contributed by atoms with van der Waals surface area (Å²) in [5.41, 5.74) is 0. The molecule has 0 unspecified atom stereocenters. The van der Waals surface area contributed by atoms with Crippen LogP contribution in [0.5, 0.6) is 0 Å². The Labute approximate surface area is 259 Å². The first-order valence-corrected chi connectivity index (χ1v) is 19.9. The zero-order valence-electron chi connectivity index (χ0n) is 27.5. The molecule has 0 bridgehead atoms. The molecule has 6 radical (unpaired) electrons. The molecule has 0 spiro atoms. The predicted octanol–water partition coefficient (Wildman–Crippen LogP) is 6.88. The van der Waals surface area contributed by atoms with Gasteiger partial charge in [0.1, 0.15) is 0 Å². The van der Waals surface area contributed by atoms with Crippen LogP contribution in [-0.4, -0.2) is 28.6 Å². The highest BCUT2D eigenvalue weighted by Gasteiger charge is 2.32. The second kappa shape index (κ2) is 13.0. The van der Waals surface area contributed by atoms with Gasteiger partial charge in [0, 0.05) is 15.9 Å². The molecule has 3 aromatic carbocycles. The zero-order chi connectivity index (χ0) is 30.8. The summed E-state index contributed by atoms with van der Waals surface area (Å²) in [6.45, 7) is 27.9. The molecule has 1 nitrogen and oxygen atoms in total. The van der Waals surface area contributed by atoms with Gasteiger partial charge in [-0.3, -0.25) is 0 Å². The number of hydrogen-bond acceptors (Lipinski definition) is 1. The molecule has 0 amide bonds. The molecule has 3 aromatic rings. The first-order chi connectivity index (χ1) is 18.9. The Bertz CT molecular complexity index is 1150. The summed E-state index contributed by atoms with van der Waals surface area (Å²) in [5, 5.41) is 7.48. The lowest BCUT2D eigenvalue weighted by Crippen LogP contribution is -2.33. The Kier molecular flexibility index (Phi) is 10.8. The van der Waals surface area contributed by atoms with Gasteiger partial charge in [-0.15, -0.1) is 0 Å². The molecule has 0 saturated heterocycles. The van der Waals surface area contributed by atoms with Gasteiger partial charge < -0.3 is 4.57 Å². The average molecular weight is 615 g/mol. The summed E-state index contributed by atoms with van der Waals surface area (Å²) in [6.07, 6.45) is 0. The Morgan fingerprint density at radius 1 is 0.439 bits per heavy atom. The van der Waals surface area contributed by atoms with Crippen molar-refractivity contribution in [3.63, 3.8) is 0 Å². The third-order valence-electron chi connectivity index (χ3n) is 9.42. The average Bonchev–Trinajstić information content (AvgIpc) is 2.88. The number of hydrogen-bond donors (Lipinski definition) is 0. The maximum absolute atomic E-state index is 15.3. The van der Waals surface area contributed by atoms with Crippen molar-refractivity contribution in [3.05, 3.63) is 72.8 Å². The monoisotopic (exact) mass is 614 g/mol. The summed E-state index contributed by atoms with van der Waals surface area (Å²) in [4.78, 5) is 0. The van der Waals surface area contributed by atoms with E-state index in [2.05, 4.69) is 156 Å². The molecule has 3 rings (SSSR count). The van der Waals surface area contributed by atoms with Crippen LogP contribution in [0.1, 0.15) is 83.1 Å². The van der Waals surface area contributed by atoms with Gasteiger partial charge in [-0.2, -0.15) is 0 Å². The number of benzene rings is 3. The van der Waals surface area contributed by atoms with Crippen LogP contribution in [0, 0.1) is 17.8 Å². The normalized spacial score (nSPS) is 13.4. The lowest BCUT2D eigenvalue weighted by Gasteiger charge is -2.29. The molecule has 0 aliphatic carbocycles. The molecule has 0 saturated carbocycles. The first-order valence-electron chi connectivity index (χ1n) is 15.1. The Morgan fingerprint density at radius 2 is 0.634 bits per heavy atom. The first kappa shape index (κ1) is 34.0. The fourth-order valence-corrected chi connectivity index (χ4v) is 11.0. The Morgan fingerprint density at radius 3 is 0.805 bits per heavy atom. The molecule has 5 heteroatoms. The van der Waals surface area contributed by atoms with Crippen molar-refractivity contribution in [3.8, 4) is 0 Å². The third kappa shape index (κ3) is 8.13. The van der Waals surface area contributed by atoms with Crippen LogP contribution in [0.25, 0.3) is 0 Å². The van der Waals surface area contributed by atoms with Crippen molar-refractivity contribution < 1.29 is 4.57 Å². The van der Waals surface area contributed by atoms with Gasteiger partial charge in [0.25, 0.3) is 0 Å². The lowest BCUT2D eigenvalue weighted by atomic mass is 9.99. The molecule has 0 heterocycles. The molecule has 218 valence electrons. The molecule has 0 aliphatic rings. The van der Waals surface area contributed by atoms with E-state index in [4.69, 9.17) is 0 Å². The van der Waals surface area contributed by atoms with Crippen molar-refractivity contribution in [2.45, 2.75) is 98.2 Å². The van der Waals surface area contributed by atoms with Crippen LogP contribution < -0.4 is 31.5 Å². The topological polar surface area (TPSA) is 17.1 Å². The van der Waals surface area contributed by atoms with Crippen LogP contribution in [0.4, 0.5) is 0 Å². The molecule has 0 N–H and O–H groups in total. The minimum atomic E-state index is -3.04. The minimum absolute atomic E-state index is 0.242. The van der Waals surface area contributed by atoms with Gasteiger partial charge in [-0.25, -0.2) is 0 Å². The standard InChI is InChI=1S/C36H51OPSi3/c1-25(2)34(7,8)39-31-19-13-28(14-20-31)38(37,29-15-21-32(22-16-29)40-35(9,10)26(3)4)30-17-23-33(24-18-30)41-36(11,12)27(5)6/h13-27H,1-12H3. The fourth-order valence-electron chi connectivity index (χ4n) is 4.26. The summed E-state index contributed by atoms with van der Waals surface area (Å²) in [5.74, 6) is 1.81. The van der Waals surface area contributed by atoms with E-state index in [1.807, 2.05) is 0 Å². The molecule has 0 atom stereocenters. The molecule has 0 fully saturated rings. The highest BCUT2D eigenvalue weighted by Crippen LogP contribution is 2.42. The highest BCUT2D eigenvalue weighted by molar-refractivity contribution is 7.85. The van der Waals surface area contributed by atoms with Gasteiger partial charge in [0.15, 0.2) is 7.14 Å². The maximum Gasteiger partial charge on any atom is 0.171 e. The van der Waals surface area contributed by atoms with Gasteiger partial charge in [-0.05, 0) is 32.9 Å². The van der Waals surface area contributed by atoms with Crippen molar-refractivity contribution >= 4 is 67.2 Å². The zero-order valence-corrected chi connectivity index (χ0v) is 31.4. The van der Waals surface area contributed by atoms with Gasteiger partial charge in [-0.1, -0.05) is 171 Å². The number of rotatable bonds is 12. The molecule has 41 heavy (non-hydrogen) atoms. The van der Waals surface area contributed by atoms with Crippen molar-refractivity contribution in [2.24, 2.45) is 17.8 Å². The Hall–Kier alpha value is -1.46. The van der Waals surface area contributed by atoms with Crippen LogP contribution in [-0.2, 0) is 4.57 Å². The smallest absolute Gasteiger partial charge is 0.171 e. The van der Waals surface area contributed by atoms with Crippen LogP contribution in [0.2, 0.25) is 15.1 Å². The quantitative estimate of drug-likeness (QED) is 0.161. The van der Waals surface area contributed by atoms with Crippen LogP contribution >= 0.6 is 7.14 Å². The van der Waals surface area contributed by atoms with Crippen molar-refractivity contribution in [1.29, 1.82) is 0 Å². The van der Waals surface area contributed by atoms with E-state index in [1.165, 1.54) is 15.6 Å². The summed E-state index contributed by atoms with van der Waals surface area (Å²) in [7, 11) is -0.887. The maximum atomic E-state index is 15.3. The molecular weight excluding hydrogens is 564 g/mol. The van der Waals surface area contributed by atoms with E-state index in [-0.39, 0.29) is 15.1 Å². The summed E-state index contributed by atoms with van der Waals surface area (Å²) < 4.78 is 15.3. The van der Waals surface area contributed by atoms with Crippen molar-refractivity contribution in [2.75, 3.05) is 0 Å². The summed E-state index contributed by atoms with van der Waals surface area (Å²) in [6, 6.07) is 26.1. The van der Waals surface area contributed by atoms with Gasteiger partial charge in [0.05, 0.1) is 28.6 Å². The minimum Gasteiger partial charge on any atom is -0.309 e. The summed E-state index contributed by atoms with van der Waals surface area (Å²) >= 11 is 0. The van der Waals surface area contributed by atoms with Gasteiger partial charge in [0.2, 0.25) is 0 Å². The second-order valence-corrected chi connectivity index (χ2v) is 23.4. The van der Waals surface area contributed by atoms with Crippen molar-refractivity contribution in [1.82, 2.24) is 0 Å². The predicted molar refractivity (Wildman–Crippen MR) is 189 cm³/mol. The van der Waals surface area contributed by atoms with E-state index >= 15 is 4.57 Å². The molecular formula is C36H51OPSi3. The van der Waals surface area contributed by atoms with E-state index < -0.39 is 7.14 Å². The third-order valence-corrected chi connectivity index (χ3v) is 18.0. The van der Waals surface area contributed by atoms with Crippen LogP contribution in [0.3, 0.4) is 0 Å². The van der Waals surface area contributed by atoms with E-state index in [0.717, 1.165) is 15.9 Å². The Balaban J connectivity index is 2.05. The fraction of sp³-hybridized carbons (Fsp3) is 0.500. The van der Waals surface area contributed by atoms with E-state index in [9.17, 15) is 0 Å². The molecule has 0 aromatic heterocycles. The largest absolute Gasteiger partial charge is 0.309 e. The SMILES string of the molecule is CC(C)C(C)(C)[Si]c1ccc(P(=O)(c2ccc([Si]C(C)(C)C(C)C)cc2)c2ccc([Si]C(C)(C)C(C)C)cc2)cc1. The second-order valence-electron chi connectivity index (χ2n) is 14.3. The van der Waals surface area contributed by atoms with Crippen LogP contribution in [0.15, 0.2) is 72.8 Å². The van der Waals surface area contributed by atoms with E-state index in [0.29, 0.717) is 46.3 Å². The molecule has 0 aliphatic heterocycles. The van der Waals surface area contributed by atoms with E-state index in [1.54, 1.807) is 0 Å².